The van der Waals surface area contributed by atoms with Crippen molar-refractivity contribution in [3.63, 3.8) is 0 Å². The zero-order valence-electron chi connectivity index (χ0n) is 14.5. The van der Waals surface area contributed by atoms with Crippen LogP contribution in [0.5, 0.6) is 0 Å². The number of rotatable bonds is 4. The molecule has 0 aliphatic heterocycles. The maximum Gasteiger partial charge on any atom is 0.172 e. The molecule has 0 fully saturated rings. The number of thiocarbonyl (C=S) groups is 1. The second kappa shape index (κ2) is 7.55. The molecule has 0 aliphatic rings. The van der Waals surface area contributed by atoms with Crippen molar-refractivity contribution in [2.45, 2.75) is 40.7 Å². The summed E-state index contributed by atoms with van der Waals surface area (Å²) in [4.78, 5) is 4.29. The molecule has 0 unspecified atom stereocenters. The second-order valence-corrected chi connectivity index (χ2v) is 6.81. The van der Waals surface area contributed by atoms with Crippen LogP contribution in [0.4, 0.5) is 5.82 Å². The van der Waals surface area contributed by atoms with Crippen molar-refractivity contribution in [3.8, 4) is 0 Å². The molecule has 3 nitrogen and oxygen atoms in total. The molecule has 2 N–H and O–H groups in total. The summed E-state index contributed by atoms with van der Waals surface area (Å²) in [6, 6.07) is 10.7. The predicted molar refractivity (Wildman–Crippen MR) is 102 cm³/mol. The Balaban J connectivity index is 2.14. The molecular formula is C19H25N3S. The molecular weight excluding hydrogens is 302 g/mol. The second-order valence-electron chi connectivity index (χ2n) is 6.40. The van der Waals surface area contributed by atoms with Crippen LogP contribution < -0.4 is 10.6 Å². The van der Waals surface area contributed by atoms with E-state index in [-0.39, 0.29) is 6.04 Å². The first kappa shape index (κ1) is 17.4. The van der Waals surface area contributed by atoms with Gasteiger partial charge in [-0.05, 0) is 67.7 Å². The van der Waals surface area contributed by atoms with Crippen LogP contribution in [0.3, 0.4) is 0 Å². The summed E-state index contributed by atoms with van der Waals surface area (Å²) >= 11 is 5.48. The molecule has 1 atom stereocenters. The van der Waals surface area contributed by atoms with Crippen molar-refractivity contribution in [3.05, 3.63) is 58.8 Å². The number of nitrogens with one attached hydrogen (secondary N) is 2. The molecule has 0 saturated carbocycles. The van der Waals surface area contributed by atoms with Crippen molar-refractivity contribution in [1.29, 1.82) is 0 Å². The monoisotopic (exact) mass is 327 g/mol. The van der Waals surface area contributed by atoms with Gasteiger partial charge in [0.1, 0.15) is 5.82 Å². The molecule has 4 heteroatoms. The Bertz CT molecular complexity index is 695. The molecule has 0 aliphatic carbocycles. The average Bonchev–Trinajstić information content (AvgIpc) is 2.45. The van der Waals surface area contributed by atoms with E-state index in [1.54, 1.807) is 6.20 Å². The van der Waals surface area contributed by atoms with Crippen molar-refractivity contribution in [2.75, 3.05) is 5.32 Å². The van der Waals surface area contributed by atoms with Crippen LogP contribution in [0.15, 0.2) is 36.5 Å². The lowest BCUT2D eigenvalue weighted by Crippen LogP contribution is -2.35. The van der Waals surface area contributed by atoms with Crippen LogP contribution in [0.25, 0.3) is 0 Å². The highest BCUT2D eigenvalue weighted by molar-refractivity contribution is 7.80. The number of hydrogen-bond donors (Lipinski definition) is 2. The molecule has 0 amide bonds. The Kier molecular flexibility index (Phi) is 5.72. The fourth-order valence-corrected chi connectivity index (χ4v) is 2.91. The van der Waals surface area contributed by atoms with Crippen LogP contribution in [0.1, 0.15) is 42.1 Å². The number of aromatic nitrogens is 1. The highest BCUT2D eigenvalue weighted by Gasteiger charge is 2.18. The van der Waals surface area contributed by atoms with Gasteiger partial charge in [0.15, 0.2) is 5.11 Å². The quantitative estimate of drug-likeness (QED) is 0.799. The SMILES string of the molecule is Cc1ccnc(NC(=S)N[C@@H](c2ccc(C)cc2C)C(C)C)c1. The van der Waals surface area contributed by atoms with E-state index >= 15 is 0 Å². The van der Waals surface area contributed by atoms with E-state index in [4.69, 9.17) is 12.2 Å². The normalized spacial score (nSPS) is 12.1. The summed E-state index contributed by atoms with van der Waals surface area (Å²) in [7, 11) is 0. The summed E-state index contributed by atoms with van der Waals surface area (Å²) in [5, 5.41) is 7.22. The van der Waals surface area contributed by atoms with Crippen LogP contribution in [0.2, 0.25) is 0 Å². The van der Waals surface area contributed by atoms with Crippen LogP contribution in [-0.2, 0) is 0 Å². The van der Waals surface area contributed by atoms with E-state index in [9.17, 15) is 0 Å². The zero-order valence-corrected chi connectivity index (χ0v) is 15.3. The van der Waals surface area contributed by atoms with Gasteiger partial charge in [-0.25, -0.2) is 4.98 Å². The molecule has 23 heavy (non-hydrogen) atoms. The van der Waals surface area contributed by atoms with Gasteiger partial charge in [0.2, 0.25) is 0 Å². The van der Waals surface area contributed by atoms with Crippen LogP contribution in [-0.4, -0.2) is 10.1 Å². The average molecular weight is 327 g/mol. The Morgan fingerprint density at radius 3 is 2.35 bits per heavy atom. The number of nitrogens with zero attached hydrogens (tertiary/aromatic N) is 1. The topological polar surface area (TPSA) is 37.0 Å². The van der Waals surface area contributed by atoms with E-state index in [0.29, 0.717) is 11.0 Å². The molecule has 1 aromatic carbocycles. The minimum Gasteiger partial charge on any atom is -0.355 e. The molecule has 0 radical (unpaired) electrons. The van der Waals surface area contributed by atoms with Gasteiger partial charge in [0.25, 0.3) is 0 Å². The van der Waals surface area contributed by atoms with Gasteiger partial charge >= 0.3 is 0 Å². The standard InChI is InChI=1S/C19H25N3S/c1-12(2)18(16-7-6-13(3)10-15(16)5)22-19(23)21-17-11-14(4)8-9-20-17/h6-12,18H,1-5H3,(H2,20,21,22,23)/t18-/m1/s1. The van der Waals surface area contributed by atoms with E-state index in [2.05, 4.69) is 61.5 Å². The van der Waals surface area contributed by atoms with Crippen molar-refractivity contribution < 1.29 is 0 Å². The van der Waals surface area contributed by atoms with E-state index < -0.39 is 0 Å². The number of anilines is 1. The molecule has 0 saturated heterocycles. The third-order valence-electron chi connectivity index (χ3n) is 3.87. The Morgan fingerprint density at radius 1 is 1.04 bits per heavy atom. The summed E-state index contributed by atoms with van der Waals surface area (Å²) in [5.41, 5.74) is 5.00. The number of pyridine rings is 1. The molecule has 0 spiro atoms. The fraction of sp³-hybridized carbons (Fsp3) is 0.368. The third kappa shape index (κ3) is 4.76. The summed E-state index contributed by atoms with van der Waals surface area (Å²) in [6.45, 7) is 10.7. The summed E-state index contributed by atoms with van der Waals surface area (Å²) in [6.07, 6.45) is 1.78. The third-order valence-corrected chi connectivity index (χ3v) is 4.09. The molecule has 2 rings (SSSR count). The minimum atomic E-state index is 0.167. The van der Waals surface area contributed by atoms with Crippen LogP contribution in [0, 0.1) is 26.7 Å². The van der Waals surface area contributed by atoms with Crippen LogP contribution >= 0.6 is 12.2 Å². The van der Waals surface area contributed by atoms with E-state index in [0.717, 1.165) is 11.4 Å². The maximum absolute atomic E-state index is 5.48. The van der Waals surface area contributed by atoms with Gasteiger partial charge in [-0.3, -0.25) is 0 Å². The van der Waals surface area contributed by atoms with Crippen molar-refractivity contribution in [2.24, 2.45) is 5.92 Å². The van der Waals surface area contributed by atoms with Crippen molar-refractivity contribution in [1.82, 2.24) is 10.3 Å². The molecule has 0 bridgehead atoms. The lowest BCUT2D eigenvalue weighted by Gasteiger charge is -2.26. The Hall–Kier alpha value is -1.94. The summed E-state index contributed by atoms with van der Waals surface area (Å²) < 4.78 is 0. The minimum absolute atomic E-state index is 0.167. The lowest BCUT2D eigenvalue weighted by molar-refractivity contribution is 0.471. The highest BCUT2D eigenvalue weighted by Crippen LogP contribution is 2.25. The molecule has 122 valence electrons. The largest absolute Gasteiger partial charge is 0.355 e. The lowest BCUT2D eigenvalue weighted by atomic mass is 9.92. The van der Waals surface area contributed by atoms with Gasteiger partial charge < -0.3 is 10.6 Å². The van der Waals surface area contributed by atoms with Gasteiger partial charge in [-0.1, -0.05) is 37.6 Å². The first-order valence-corrected chi connectivity index (χ1v) is 8.35. The molecule has 1 heterocycles. The summed E-state index contributed by atoms with van der Waals surface area (Å²) in [5.74, 6) is 1.19. The Morgan fingerprint density at radius 2 is 1.74 bits per heavy atom. The molecule has 2 aromatic rings. The zero-order chi connectivity index (χ0) is 17.0. The first-order chi connectivity index (χ1) is 10.9. The fourth-order valence-electron chi connectivity index (χ4n) is 2.68. The Labute approximate surface area is 144 Å². The van der Waals surface area contributed by atoms with Gasteiger partial charge in [-0.2, -0.15) is 0 Å². The smallest absolute Gasteiger partial charge is 0.172 e. The van der Waals surface area contributed by atoms with Gasteiger partial charge in [0.05, 0.1) is 6.04 Å². The van der Waals surface area contributed by atoms with Gasteiger partial charge in [-0.15, -0.1) is 0 Å². The predicted octanol–water partition coefficient (Wildman–Crippen LogP) is 4.69. The van der Waals surface area contributed by atoms with E-state index in [1.807, 2.05) is 19.1 Å². The maximum atomic E-state index is 5.48. The molecule has 1 aromatic heterocycles. The highest BCUT2D eigenvalue weighted by atomic mass is 32.1. The number of aryl methyl sites for hydroxylation is 3. The van der Waals surface area contributed by atoms with E-state index in [1.165, 1.54) is 16.7 Å². The first-order valence-electron chi connectivity index (χ1n) is 7.94. The van der Waals surface area contributed by atoms with Crippen molar-refractivity contribution >= 4 is 23.1 Å². The number of benzene rings is 1. The number of hydrogen-bond acceptors (Lipinski definition) is 2. The van der Waals surface area contributed by atoms with Gasteiger partial charge in [0, 0.05) is 6.20 Å².